The Hall–Kier alpha value is -2.06. The SMILES string of the molecule is COc1ccc(Br)c(C(=O)NN2C(=O)CSC2c2ccc(F)cc2)c1. The molecule has 1 N–H and O–H groups in total. The summed E-state index contributed by atoms with van der Waals surface area (Å²) in [6.45, 7) is 0. The average Bonchev–Trinajstić information content (AvgIpc) is 2.97. The van der Waals surface area contributed by atoms with Crippen LogP contribution >= 0.6 is 27.7 Å². The van der Waals surface area contributed by atoms with Gasteiger partial charge in [0.15, 0.2) is 0 Å². The minimum atomic E-state index is -0.436. The maximum atomic E-state index is 13.1. The van der Waals surface area contributed by atoms with Crippen molar-refractivity contribution >= 4 is 39.5 Å². The number of carbonyl (C=O) groups is 2. The van der Waals surface area contributed by atoms with E-state index in [4.69, 9.17) is 4.74 Å². The summed E-state index contributed by atoms with van der Waals surface area (Å²) in [6.07, 6.45) is 0. The van der Waals surface area contributed by atoms with Gasteiger partial charge >= 0.3 is 0 Å². The van der Waals surface area contributed by atoms with Crippen molar-refractivity contribution in [3.8, 4) is 5.75 Å². The minimum absolute atomic E-state index is 0.216. The first-order valence-electron chi connectivity index (χ1n) is 7.33. The predicted octanol–water partition coefficient (Wildman–Crippen LogP) is 3.52. The van der Waals surface area contributed by atoms with Crippen molar-refractivity contribution in [2.45, 2.75) is 5.37 Å². The van der Waals surface area contributed by atoms with Crippen molar-refractivity contribution in [1.82, 2.24) is 10.4 Å². The van der Waals surface area contributed by atoms with Crippen molar-refractivity contribution in [2.75, 3.05) is 12.9 Å². The van der Waals surface area contributed by atoms with E-state index in [1.807, 2.05) is 0 Å². The molecule has 2 aromatic rings. The van der Waals surface area contributed by atoms with Crippen LogP contribution in [0.2, 0.25) is 0 Å². The number of amides is 2. The third-order valence-corrected chi connectivity index (χ3v) is 5.57. The van der Waals surface area contributed by atoms with Crippen LogP contribution in [0, 0.1) is 5.82 Å². The highest BCUT2D eigenvalue weighted by Crippen LogP contribution is 2.37. The van der Waals surface area contributed by atoms with Gasteiger partial charge in [-0.15, -0.1) is 11.8 Å². The Bertz CT molecular complexity index is 816. The monoisotopic (exact) mass is 424 g/mol. The summed E-state index contributed by atoms with van der Waals surface area (Å²) in [5.41, 5.74) is 3.73. The molecule has 1 unspecified atom stereocenters. The fourth-order valence-electron chi connectivity index (χ4n) is 2.39. The topological polar surface area (TPSA) is 58.6 Å². The second-order valence-corrected chi connectivity index (χ2v) is 7.19. The number of nitrogens with one attached hydrogen (secondary N) is 1. The third-order valence-electron chi connectivity index (χ3n) is 3.66. The van der Waals surface area contributed by atoms with Gasteiger partial charge in [-0.25, -0.2) is 9.40 Å². The summed E-state index contributed by atoms with van der Waals surface area (Å²) < 4.78 is 18.8. The Labute approximate surface area is 156 Å². The van der Waals surface area contributed by atoms with Crippen LogP contribution in [-0.2, 0) is 4.79 Å². The molecule has 25 heavy (non-hydrogen) atoms. The third kappa shape index (κ3) is 3.80. The normalized spacial score (nSPS) is 16.8. The van der Waals surface area contributed by atoms with Crippen LogP contribution < -0.4 is 10.2 Å². The van der Waals surface area contributed by atoms with E-state index in [0.717, 1.165) is 5.56 Å². The lowest BCUT2D eigenvalue weighted by atomic mass is 10.2. The second kappa shape index (κ2) is 7.45. The molecular weight excluding hydrogens is 411 g/mol. The van der Waals surface area contributed by atoms with E-state index in [1.165, 1.54) is 36.0 Å². The second-order valence-electron chi connectivity index (χ2n) is 5.27. The van der Waals surface area contributed by atoms with Gasteiger partial charge in [-0.2, -0.15) is 0 Å². The predicted molar refractivity (Wildman–Crippen MR) is 96.6 cm³/mol. The van der Waals surface area contributed by atoms with Gasteiger partial charge in [-0.1, -0.05) is 12.1 Å². The van der Waals surface area contributed by atoms with Crippen LogP contribution in [0.1, 0.15) is 21.3 Å². The zero-order valence-corrected chi connectivity index (χ0v) is 15.6. The number of halogens is 2. The Kier molecular flexibility index (Phi) is 5.29. The van der Waals surface area contributed by atoms with E-state index in [9.17, 15) is 14.0 Å². The maximum Gasteiger partial charge on any atom is 0.271 e. The summed E-state index contributed by atoms with van der Waals surface area (Å²) in [5, 5.41) is 0.882. The first kappa shape index (κ1) is 17.8. The highest BCUT2D eigenvalue weighted by Gasteiger charge is 2.34. The van der Waals surface area contributed by atoms with Gasteiger partial charge < -0.3 is 4.74 Å². The van der Waals surface area contributed by atoms with Gasteiger partial charge in [0, 0.05) is 4.47 Å². The number of hydrogen-bond donors (Lipinski definition) is 1. The summed E-state index contributed by atoms with van der Waals surface area (Å²) in [4.78, 5) is 24.8. The molecule has 0 radical (unpaired) electrons. The first-order valence-corrected chi connectivity index (χ1v) is 9.17. The summed E-state index contributed by atoms with van der Waals surface area (Å²) in [6, 6.07) is 10.9. The van der Waals surface area contributed by atoms with Crippen molar-refractivity contribution in [2.24, 2.45) is 0 Å². The molecule has 0 saturated carbocycles. The van der Waals surface area contributed by atoms with E-state index in [0.29, 0.717) is 15.8 Å². The van der Waals surface area contributed by atoms with Gasteiger partial charge in [-0.3, -0.25) is 15.0 Å². The van der Waals surface area contributed by atoms with Gasteiger partial charge in [0.05, 0.1) is 18.4 Å². The molecule has 1 atom stereocenters. The Morgan fingerprint density at radius 3 is 2.72 bits per heavy atom. The molecular formula is C17H14BrFN2O3S. The molecule has 1 aliphatic rings. The van der Waals surface area contributed by atoms with E-state index in [2.05, 4.69) is 21.4 Å². The van der Waals surface area contributed by atoms with Gasteiger partial charge in [-0.05, 0) is 51.8 Å². The zero-order chi connectivity index (χ0) is 18.0. The molecule has 0 spiro atoms. The first-order chi connectivity index (χ1) is 12.0. The van der Waals surface area contributed by atoms with E-state index in [-0.39, 0.29) is 17.5 Å². The number of ether oxygens (including phenoxy) is 1. The number of carbonyl (C=O) groups excluding carboxylic acids is 2. The van der Waals surface area contributed by atoms with Crippen LogP contribution in [0.25, 0.3) is 0 Å². The molecule has 0 aliphatic carbocycles. The molecule has 0 bridgehead atoms. The Balaban J connectivity index is 1.83. The van der Waals surface area contributed by atoms with Crippen LogP contribution in [-0.4, -0.2) is 29.7 Å². The smallest absolute Gasteiger partial charge is 0.271 e. The number of benzene rings is 2. The summed E-state index contributed by atoms with van der Waals surface area (Å²) in [7, 11) is 1.51. The molecule has 0 aromatic heterocycles. The molecule has 130 valence electrons. The summed E-state index contributed by atoms with van der Waals surface area (Å²) in [5.74, 6) is -0.235. The van der Waals surface area contributed by atoms with Gasteiger partial charge in [0.1, 0.15) is 16.9 Å². The van der Waals surface area contributed by atoms with Crippen LogP contribution in [0.15, 0.2) is 46.9 Å². The Morgan fingerprint density at radius 1 is 1.32 bits per heavy atom. The Morgan fingerprint density at radius 2 is 2.04 bits per heavy atom. The highest BCUT2D eigenvalue weighted by molar-refractivity contribution is 9.10. The summed E-state index contributed by atoms with van der Waals surface area (Å²) >= 11 is 4.70. The van der Waals surface area contributed by atoms with Crippen molar-refractivity contribution in [3.63, 3.8) is 0 Å². The molecule has 1 fully saturated rings. The average molecular weight is 425 g/mol. The molecule has 2 aromatic carbocycles. The standard InChI is InChI=1S/C17H14BrFN2O3S/c1-24-12-6-7-14(18)13(8-12)16(23)20-21-15(22)9-25-17(21)10-2-4-11(19)5-3-10/h2-8,17H,9H2,1H3,(H,20,23). The molecule has 3 rings (SSSR count). The molecule has 5 nitrogen and oxygen atoms in total. The molecule has 8 heteroatoms. The van der Waals surface area contributed by atoms with Crippen LogP contribution in [0.5, 0.6) is 5.75 Å². The van der Waals surface area contributed by atoms with E-state index >= 15 is 0 Å². The number of nitrogens with zero attached hydrogens (tertiary/aromatic N) is 1. The van der Waals surface area contributed by atoms with Crippen LogP contribution in [0.3, 0.4) is 0 Å². The number of hydrogen-bond acceptors (Lipinski definition) is 4. The minimum Gasteiger partial charge on any atom is -0.497 e. The zero-order valence-electron chi connectivity index (χ0n) is 13.2. The molecule has 1 aliphatic heterocycles. The van der Waals surface area contributed by atoms with Crippen molar-refractivity contribution in [1.29, 1.82) is 0 Å². The lowest BCUT2D eigenvalue weighted by Crippen LogP contribution is -2.44. The maximum absolute atomic E-state index is 13.1. The molecule has 1 heterocycles. The molecule has 1 saturated heterocycles. The van der Waals surface area contributed by atoms with Gasteiger partial charge in [0.2, 0.25) is 0 Å². The van der Waals surface area contributed by atoms with E-state index in [1.54, 1.807) is 30.3 Å². The number of methoxy groups -OCH3 is 1. The lowest BCUT2D eigenvalue weighted by Gasteiger charge is -2.25. The van der Waals surface area contributed by atoms with Crippen molar-refractivity contribution in [3.05, 3.63) is 63.9 Å². The fraction of sp³-hybridized carbons (Fsp3) is 0.176. The molecule has 2 amide bonds. The van der Waals surface area contributed by atoms with Crippen molar-refractivity contribution < 1.29 is 18.7 Å². The number of thioether (sulfide) groups is 1. The van der Waals surface area contributed by atoms with Crippen LogP contribution in [0.4, 0.5) is 4.39 Å². The number of hydrazine groups is 1. The number of rotatable bonds is 4. The quantitative estimate of drug-likeness (QED) is 0.815. The largest absolute Gasteiger partial charge is 0.497 e. The lowest BCUT2D eigenvalue weighted by molar-refractivity contribution is -0.130. The van der Waals surface area contributed by atoms with Gasteiger partial charge in [0.25, 0.3) is 11.8 Å². The highest BCUT2D eigenvalue weighted by atomic mass is 79.9. The van der Waals surface area contributed by atoms with E-state index < -0.39 is 11.3 Å². The fourth-order valence-corrected chi connectivity index (χ4v) is 3.93.